The summed E-state index contributed by atoms with van der Waals surface area (Å²) in [6, 6.07) is 20.4. The van der Waals surface area contributed by atoms with Crippen molar-refractivity contribution >= 4 is 31.3 Å². The van der Waals surface area contributed by atoms with Gasteiger partial charge in [-0.15, -0.1) is 12.6 Å². The summed E-state index contributed by atoms with van der Waals surface area (Å²) in [6.07, 6.45) is -0.273. The van der Waals surface area contributed by atoms with Gasteiger partial charge in [-0.1, -0.05) is 54.6 Å². The molecule has 3 aromatic rings. The van der Waals surface area contributed by atoms with Gasteiger partial charge in [0.25, 0.3) is 0 Å². The van der Waals surface area contributed by atoms with Crippen molar-refractivity contribution in [3.8, 4) is 11.1 Å². The minimum Gasteiger partial charge on any atom is -0.448 e. The quantitative estimate of drug-likeness (QED) is 0.381. The summed E-state index contributed by atoms with van der Waals surface area (Å²) >= 11 is 4.48. The van der Waals surface area contributed by atoms with Gasteiger partial charge in [0.2, 0.25) is 0 Å². The van der Waals surface area contributed by atoms with Crippen molar-refractivity contribution < 1.29 is 19.6 Å². The molecule has 0 aromatic heterocycles. The zero-order chi connectivity index (χ0) is 24.5. The Balaban J connectivity index is 1.17. The molecule has 8 heteroatoms. The lowest BCUT2D eigenvalue weighted by Crippen LogP contribution is -2.48. The van der Waals surface area contributed by atoms with Crippen molar-refractivity contribution in [2.24, 2.45) is 0 Å². The number of hydrogen-bond donors (Lipinski definition) is 3. The van der Waals surface area contributed by atoms with E-state index in [-0.39, 0.29) is 12.0 Å². The SMILES string of the molecule is Cc1c(S)cc(CN2CCN(C(=O)OCC3c4ccccc4-c4ccccc43)CC2)cc1B(O)O. The van der Waals surface area contributed by atoms with Gasteiger partial charge in [0.15, 0.2) is 0 Å². The molecule has 35 heavy (non-hydrogen) atoms. The van der Waals surface area contributed by atoms with Crippen LogP contribution in [-0.2, 0) is 11.3 Å². The summed E-state index contributed by atoms with van der Waals surface area (Å²) < 4.78 is 5.81. The molecule has 0 unspecified atom stereocenters. The van der Waals surface area contributed by atoms with E-state index in [2.05, 4.69) is 41.8 Å². The van der Waals surface area contributed by atoms with Gasteiger partial charge < -0.3 is 19.7 Å². The molecule has 1 heterocycles. The van der Waals surface area contributed by atoms with E-state index in [9.17, 15) is 14.8 Å². The van der Waals surface area contributed by atoms with Crippen LogP contribution >= 0.6 is 12.6 Å². The second-order valence-electron chi connectivity index (χ2n) is 9.27. The van der Waals surface area contributed by atoms with E-state index in [0.717, 1.165) is 29.1 Å². The van der Waals surface area contributed by atoms with Gasteiger partial charge in [-0.05, 0) is 51.8 Å². The molecule has 0 atom stereocenters. The normalized spacial score (nSPS) is 15.6. The van der Waals surface area contributed by atoms with Crippen LogP contribution in [0.15, 0.2) is 65.6 Å². The number of carbonyl (C=O) groups excluding carboxylic acids is 1. The smallest absolute Gasteiger partial charge is 0.448 e. The first kappa shape index (κ1) is 23.9. The van der Waals surface area contributed by atoms with E-state index in [4.69, 9.17) is 4.74 Å². The molecule has 1 amide bonds. The van der Waals surface area contributed by atoms with E-state index in [1.165, 1.54) is 22.3 Å². The molecule has 2 N–H and O–H groups in total. The van der Waals surface area contributed by atoms with Gasteiger partial charge in [0.05, 0.1) is 0 Å². The molecule has 0 spiro atoms. The van der Waals surface area contributed by atoms with E-state index in [1.54, 1.807) is 4.90 Å². The topological polar surface area (TPSA) is 73.2 Å². The van der Waals surface area contributed by atoms with Crippen LogP contribution < -0.4 is 5.46 Å². The number of thiol groups is 1. The Bertz CT molecular complexity index is 1200. The van der Waals surface area contributed by atoms with Gasteiger partial charge in [-0.2, -0.15) is 0 Å². The number of fused-ring (bicyclic) bond motifs is 3. The van der Waals surface area contributed by atoms with E-state index < -0.39 is 7.12 Å². The molecule has 5 rings (SSSR count). The third kappa shape index (κ3) is 4.84. The number of carbonyl (C=O) groups is 1. The van der Waals surface area contributed by atoms with Gasteiger partial charge in [-0.3, -0.25) is 4.90 Å². The molecule has 3 aromatic carbocycles. The number of benzene rings is 3. The summed E-state index contributed by atoms with van der Waals surface area (Å²) in [4.78, 5) is 17.6. The maximum Gasteiger partial charge on any atom is 0.488 e. The van der Waals surface area contributed by atoms with Gasteiger partial charge in [-0.25, -0.2) is 4.79 Å². The molecule has 1 fully saturated rings. The Labute approximate surface area is 211 Å². The lowest BCUT2D eigenvalue weighted by atomic mass is 9.76. The maximum absolute atomic E-state index is 12.9. The number of nitrogens with zero attached hydrogens (tertiary/aromatic N) is 2. The first-order valence-corrected chi connectivity index (χ1v) is 12.4. The monoisotopic (exact) mass is 488 g/mol. The molecule has 1 saturated heterocycles. The fourth-order valence-electron chi connectivity index (χ4n) is 5.17. The lowest BCUT2D eigenvalue weighted by Gasteiger charge is -2.34. The van der Waals surface area contributed by atoms with Crippen LogP contribution in [0.4, 0.5) is 4.79 Å². The lowest BCUT2D eigenvalue weighted by molar-refractivity contribution is 0.0728. The Morgan fingerprint density at radius 3 is 2.20 bits per heavy atom. The molecule has 0 radical (unpaired) electrons. The fourth-order valence-corrected chi connectivity index (χ4v) is 5.47. The van der Waals surface area contributed by atoms with Crippen molar-refractivity contribution in [2.75, 3.05) is 32.8 Å². The Morgan fingerprint density at radius 1 is 1.00 bits per heavy atom. The number of hydrogen-bond acceptors (Lipinski definition) is 6. The second-order valence-corrected chi connectivity index (χ2v) is 9.75. The Morgan fingerprint density at radius 2 is 1.60 bits per heavy atom. The van der Waals surface area contributed by atoms with E-state index in [0.29, 0.717) is 31.7 Å². The highest BCUT2D eigenvalue weighted by molar-refractivity contribution is 7.80. The van der Waals surface area contributed by atoms with Crippen LogP contribution in [0.3, 0.4) is 0 Å². The third-order valence-corrected chi connectivity index (χ3v) is 7.60. The van der Waals surface area contributed by atoms with Crippen LogP contribution in [0.25, 0.3) is 11.1 Å². The number of amides is 1. The highest BCUT2D eigenvalue weighted by Gasteiger charge is 2.30. The fraction of sp³-hybridized carbons (Fsp3) is 0.296. The zero-order valence-electron chi connectivity index (χ0n) is 19.7. The minimum atomic E-state index is -1.52. The van der Waals surface area contributed by atoms with E-state index in [1.807, 2.05) is 43.3 Å². The average Bonchev–Trinajstić information content (AvgIpc) is 3.18. The molecule has 6 nitrogen and oxygen atoms in total. The Hall–Kier alpha value is -2.78. The van der Waals surface area contributed by atoms with Crippen LogP contribution in [0.5, 0.6) is 0 Å². The summed E-state index contributed by atoms with van der Waals surface area (Å²) in [7, 11) is -1.52. The number of piperazine rings is 1. The third-order valence-electron chi connectivity index (χ3n) is 7.13. The highest BCUT2D eigenvalue weighted by atomic mass is 32.1. The van der Waals surface area contributed by atoms with Crippen molar-refractivity contribution in [1.29, 1.82) is 0 Å². The summed E-state index contributed by atoms with van der Waals surface area (Å²) in [6.45, 7) is 5.43. The first-order chi connectivity index (χ1) is 16.9. The molecule has 0 saturated carbocycles. The van der Waals surface area contributed by atoms with Crippen LogP contribution in [0, 0.1) is 6.92 Å². The summed E-state index contributed by atoms with van der Waals surface area (Å²) in [5.41, 5.74) is 7.07. The van der Waals surface area contributed by atoms with Crippen molar-refractivity contribution in [1.82, 2.24) is 9.80 Å². The summed E-state index contributed by atoms with van der Waals surface area (Å²) in [5.74, 6) is 0.0562. The van der Waals surface area contributed by atoms with Crippen molar-refractivity contribution in [3.63, 3.8) is 0 Å². The van der Waals surface area contributed by atoms with Crippen LogP contribution in [-0.4, -0.2) is 65.8 Å². The van der Waals surface area contributed by atoms with Gasteiger partial charge >= 0.3 is 13.2 Å². The van der Waals surface area contributed by atoms with Crippen LogP contribution in [0.1, 0.15) is 28.2 Å². The molecule has 1 aliphatic heterocycles. The molecule has 180 valence electrons. The maximum atomic E-state index is 12.9. The summed E-state index contributed by atoms with van der Waals surface area (Å²) in [5, 5.41) is 19.3. The molecule has 1 aliphatic carbocycles. The standard InChI is InChI=1S/C27H29BN2O4S/c1-18-25(28(32)33)14-19(15-26(18)35)16-29-10-12-30(13-11-29)27(31)34-17-24-22-8-4-2-6-20(22)21-7-3-5-9-23(21)24/h2-9,14-15,24,32-33,35H,10-13,16-17H2,1H3. The van der Waals surface area contributed by atoms with E-state index >= 15 is 0 Å². The molecule has 0 bridgehead atoms. The van der Waals surface area contributed by atoms with Gasteiger partial charge in [0.1, 0.15) is 6.61 Å². The predicted octanol–water partition coefficient (Wildman–Crippen LogP) is 3.03. The second kappa shape index (κ2) is 10.1. The highest BCUT2D eigenvalue weighted by Crippen LogP contribution is 2.44. The van der Waals surface area contributed by atoms with Crippen LogP contribution in [0.2, 0.25) is 0 Å². The number of ether oxygens (including phenoxy) is 1. The number of rotatable bonds is 5. The molecular weight excluding hydrogens is 459 g/mol. The largest absolute Gasteiger partial charge is 0.488 e. The van der Waals surface area contributed by atoms with Crippen molar-refractivity contribution in [3.05, 3.63) is 82.9 Å². The van der Waals surface area contributed by atoms with Crippen molar-refractivity contribution in [2.45, 2.75) is 24.3 Å². The zero-order valence-corrected chi connectivity index (χ0v) is 20.6. The first-order valence-electron chi connectivity index (χ1n) is 11.9. The average molecular weight is 488 g/mol. The molecule has 2 aliphatic rings. The Kier molecular flexibility index (Phi) is 6.89. The minimum absolute atomic E-state index is 0.0562. The molecular formula is C27H29BN2O4S. The predicted molar refractivity (Wildman–Crippen MR) is 140 cm³/mol. The van der Waals surface area contributed by atoms with Gasteiger partial charge in [0, 0.05) is 43.5 Å².